The number of aryl methyl sites for hydroxylation is 1. The maximum Gasteiger partial charge on any atom is 0.416 e. The van der Waals surface area contributed by atoms with Crippen molar-refractivity contribution in [3.05, 3.63) is 59.2 Å². The largest absolute Gasteiger partial charge is 0.416 e. The van der Waals surface area contributed by atoms with Gasteiger partial charge >= 0.3 is 12.4 Å². The topological polar surface area (TPSA) is 66.5 Å². The molecule has 12 heteroatoms. The van der Waals surface area contributed by atoms with Gasteiger partial charge in [0.05, 0.1) is 21.9 Å². The number of nitrogens with one attached hydrogen (secondary N) is 1. The molecular formula is C21H20F6N2O3S. The van der Waals surface area contributed by atoms with E-state index in [0.29, 0.717) is 18.6 Å². The molecule has 2 aromatic rings. The average Bonchev–Trinajstić information content (AvgIpc) is 2.72. The molecule has 5 nitrogen and oxygen atoms in total. The molecule has 180 valence electrons. The number of anilines is 1. The second-order valence-electron chi connectivity index (χ2n) is 7.80. The first-order valence-electron chi connectivity index (χ1n) is 9.85. The number of carbonyl (C=O) groups is 1. The van der Waals surface area contributed by atoms with E-state index in [1.54, 1.807) is 19.1 Å². The van der Waals surface area contributed by atoms with E-state index in [4.69, 9.17) is 0 Å². The van der Waals surface area contributed by atoms with Gasteiger partial charge in [-0.25, -0.2) is 8.42 Å². The van der Waals surface area contributed by atoms with Gasteiger partial charge in [0, 0.05) is 18.8 Å². The van der Waals surface area contributed by atoms with Gasteiger partial charge in [-0.2, -0.15) is 30.6 Å². The third kappa shape index (κ3) is 5.85. The number of hydrogen-bond donors (Lipinski definition) is 1. The lowest BCUT2D eigenvalue weighted by Gasteiger charge is -2.31. The highest BCUT2D eigenvalue weighted by molar-refractivity contribution is 7.89. The fourth-order valence-corrected chi connectivity index (χ4v) is 5.03. The maximum absolute atomic E-state index is 13.0. The number of amides is 1. The molecule has 0 bridgehead atoms. The van der Waals surface area contributed by atoms with Crippen LogP contribution in [-0.4, -0.2) is 31.7 Å². The summed E-state index contributed by atoms with van der Waals surface area (Å²) in [4.78, 5) is 12.7. The minimum absolute atomic E-state index is 0.0295. The molecule has 2 aromatic carbocycles. The summed E-state index contributed by atoms with van der Waals surface area (Å²) in [6, 6.07) is 6.88. The van der Waals surface area contributed by atoms with Crippen molar-refractivity contribution in [2.75, 3.05) is 18.4 Å². The molecule has 0 saturated carbocycles. The molecule has 1 fully saturated rings. The normalized spacial score (nSPS) is 18.2. The minimum Gasteiger partial charge on any atom is -0.326 e. The first-order valence-corrected chi connectivity index (χ1v) is 11.3. The monoisotopic (exact) mass is 494 g/mol. The Balaban J connectivity index is 1.81. The number of nitrogens with zero attached hydrogens (tertiary/aromatic N) is 1. The molecular weight excluding hydrogens is 474 g/mol. The smallest absolute Gasteiger partial charge is 0.326 e. The molecule has 0 unspecified atom stereocenters. The number of sulfonamides is 1. The Labute approximate surface area is 186 Å². The van der Waals surface area contributed by atoms with Crippen molar-refractivity contribution in [3.63, 3.8) is 0 Å². The van der Waals surface area contributed by atoms with Crippen LogP contribution < -0.4 is 5.32 Å². The van der Waals surface area contributed by atoms with Crippen molar-refractivity contribution in [1.29, 1.82) is 0 Å². The molecule has 0 spiro atoms. The van der Waals surface area contributed by atoms with Gasteiger partial charge in [0.15, 0.2) is 0 Å². The Kier molecular flexibility index (Phi) is 6.81. The van der Waals surface area contributed by atoms with Crippen LogP contribution in [0.4, 0.5) is 32.0 Å². The van der Waals surface area contributed by atoms with Crippen LogP contribution in [0.25, 0.3) is 0 Å². The van der Waals surface area contributed by atoms with Crippen LogP contribution in [0.2, 0.25) is 0 Å². The van der Waals surface area contributed by atoms with Gasteiger partial charge in [-0.05, 0) is 50.1 Å². The van der Waals surface area contributed by atoms with Crippen molar-refractivity contribution in [1.82, 2.24) is 4.31 Å². The Morgan fingerprint density at radius 1 is 0.970 bits per heavy atom. The zero-order valence-electron chi connectivity index (χ0n) is 17.3. The second kappa shape index (κ2) is 8.98. The van der Waals surface area contributed by atoms with Crippen LogP contribution in [0.5, 0.6) is 0 Å². The van der Waals surface area contributed by atoms with Gasteiger partial charge in [0.25, 0.3) is 0 Å². The van der Waals surface area contributed by atoms with Crippen LogP contribution in [0.1, 0.15) is 29.5 Å². The number of halogens is 6. The molecule has 0 radical (unpaired) electrons. The predicted molar refractivity (Wildman–Crippen MR) is 108 cm³/mol. The standard InChI is InChI=1S/C21H20F6N2O3S/c1-13-4-6-18(7-5-13)33(31,32)29-8-2-3-14(12-29)19(30)28-17-10-15(20(22,23)24)9-16(11-17)21(25,26)27/h4-7,9-11,14H,2-3,8,12H2,1H3,(H,28,30)/t14-/m1/s1. The maximum atomic E-state index is 13.0. The van der Waals surface area contributed by atoms with Gasteiger partial charge in [0.2, 0.25) is 15.9 Å². The Hall–Kier alpha value is -2.60. The Morgan fingerprint density at radius 2 is 1.52 bits per heavy atom. The summed E-state index contributed by atoms with van der Waals surface area (Å²) in [5.41, 5.74) is -2.93. The van der Waals surface area contributed by atoms with E-state index >= 15 is 0 Å². The predicted octanol–water partition coefficient (Wildman–Crippen LogP) is 5.07. The molecule has 0 aliphatic carbocycles. The molecule has 1 saturated heterocycles. The first kappa shape index (κ1) is 25.0. The Morgan fingerprint density at radius 3 is 2.03 bits per heavy atom. The zero-order valence-corrected chi connectivity index (χ0v) is 18.1. The van der Waals surface area contributed by atoms with Crippen LogP contribution in [0, 0.1) is 12.8 Å². The summed E-state index contributed by atoms with van der Waals surface area (Å²) in [5, 5.41) is 2.10. The van der Waals surface area contributed by atoms with E-state index in [0.717, 1.165) is 9.87 Å². The van der Waals surface area contributed by atoms with Gasteiger partial charge in [0.1, 0.15) is 0 Å². The van der Waals surface area contributed by atoms with Crippen molar-refractivity contribution in [3.8, 4) is 0 Å². The number of benzene rings is 2. The highest BCUT2D eigenvalue weighted by Crippen LogP contribution is 2.37. The molecule has 1 aliphatic heterocycles. The van der Waals surface area contributed by atoms with E-state index < -0.39 is 51.0 Å². The summed E-state index contributed by atoms with van der Waals surface area (Å²) in [6.07, 6.45) is -9.56. The summed E-state index contributed by atoms with van der Waals surface area (Å²) < 4.78 is 105. The Bertz CT molecular complexity index is 1100. The molecule has 1 atom stereocenters. The first-order chi connectivity index (χ1) is 15.2. The highest BCUT2D eigenvalue weighted by atomic mass is 32.2. The molecule has 1 amide bonds. The number of alkyl halides is 6. The molecule has 0 aromatic heterocycles. The summed E-state index contributed by atoms with van der Waals surface area (Å²) in [7, 11) is -3.91. The van der Waals surface area contributed by atoms with Gasteiger partial charge in [-0.1, -0.05) is 17.7 Å². The summed E-state index contributed by atoms with van der Waals surface area (Å²) in [5.74, 6) is -1.80. The summed E-state index contributed by atoms with van der Waals surface area (Å²) >= 11 is 0. The third-order valence-corrected chi connectivity index (χ3v) is 7.15. The zero-order chi connectivity index (χ0) is 24.6. The lowest BCUT2D eigenvalue weighted by molar-refractivity contribution is -0.143. The molecule has 1 heterocycles. The molecule has 1 aliphatic rings. The molecule has 1 N–H and O–H groups in total. The SMILES string of the molecule is Cc1ccc(S(=O)(=O)N2CCC[C@@H](C(=O)Nc3cc(C(F)(F)F)cc(C(F)(F)F)c3)C2)cc1. The molecule has 3 rings (SSSR count). The quantitative estimate of drug-likeness (QED) is 0.604. The van der Waals surface area contributed by atoms with E-state index in [9.17, 15) is 39.6 Å². The van der Waals surface area contributed by atoms with Crippen LogP contribution in [0.3, 0.4) is 0 Å². The summed E-state index contributed by atoms with van der Waals surface area (Å²) in [6.45, 7) is 1.69. The minimum atomic E-state index is -5.05. The molecule has 33 heavy (non-hydrogen) atoms. The lowest BCUT2D eigenvalue weighted by atomic mass is 9.98. The fourth-order valence-electron chi connectivity index (χ4n) is 3.51. The van der Waals surface area contributed by atoms with Crippen molar-refractivity contribution < 1.29 is 39.6 Å². The van der Waals surface area contributed by atoms with Crippen LogP contribution in [0.15, 0.2) is 47.4 Å². The van der Waals surface area contributed by atoms with E-state index in [1.165, 1.54) is 12.1 Å². The average molecular weight is 494 g/mol. The van der Waals surface area contributed by atoms with Gasteiger partial charge in [-0.15, -0.1) is 0 Å². The van der Waals surface area contributed by atoms with Crippen molar-refractivity contribution in [2.45, 2.75) is 37.0 Å². The lowest BCUT2D eigenvalue weighted by Crippen LogP contribution is -2.43. The van der Waals surface area contributed by atoms with E-state index in [-0.39, 0.29) is 30.5 Å². The van der Waals surface area contributed by atoms with Gasteiger partial charge in [-0.3, -0.25) is 4.79 Å². The number of rotatable bonds is 4. The van der Waals surface area contributed by atoms with E-state index in [1.807, 2.05) is 0 Å². The van der Waals surface area contributed by atoms with Gasteiger partial charge < -0.3 is 5.32 Å². The highest BCUT2D eigenvalue weighted by Gasteiger charge is 2.38. The van der Waals surface area contributed by atoms with Crippen molar-refractivity contribution in [2.24, 2.45) is 5.92 Å². The fraction of sp³-hybridized carbons (Fsp3) is 0.381. The number of carbonyl (C=O) groups excluding carboxylic acids is 1. The van der Waals surface area contributed by atoms with E-state index in [2.05, 4.69) is 5.32 Å². The third-order valence-electron chi connectivity index (χ3n) is 5.27. The van der Waals surface area contributed by atoms with Crippen LogP contribution in [-0.2, 0) is 27.2 Å². The van der Waals surface area contributed by atoms with Crippen molar-refractivity contribution >= 4 is 21.6 Å². The number of hydrogen-bond acceptors (Lipinski definition) is 3. The number of piperidine rings is 1. The van der Waals surface area contributed by atoms with Crippen LogP contribution >= 0.6 is 0 Å². The second-order valence-corrected chi connectivity index (χ2v) is 9.74.